The highest BCUT2D eigenvalue weighted by Crippen LogP contribution is 2.13. The molecule has 0 aromatic heterocycles. The van der Waals surface area contributed by atoms with Gasteiger partial charge in [0.25, 0.3) is 0 Å². The molecule has 0 aliphatic heterocycles. The Morgan fingerprint density at radius 3 is 2.41 bits per heavy atom. The van der Waals surface area contributed by atoms with Crippen molar-refractivity contribution in [3.05, 3.63) is 35.4 Å². The van der Waals surface area contributed by atoms with Crippen LogP contribution in [-0.4, -0.2) is 75.8 Å². The van der Waals surface area contributed by atoms with Crippen LogP contribution in [0.2, 0.25) is 0 Å². The zero-order chi connectivity index (χ0) is 20.8. The number of benzene rings is 1. The fraction of sp³-hybridized carbons (Fsp3) is 0.682. The normalized spacial score (nSPS) is 11.8. The second-order valence-electron chi connectivity index (χ2n) is 7.55. The van der Waals surface area contributed by atoms with Gasteiger partial charge < -0.3 is 20.3 Å². The van der Waals surface area contributed by atoms with E-state index in [2.05, 4.69) is 79.6 Å². The van der Waals surface area contributed by atoms with Crippen molar-refractivity contribution in [3.8, 4) is 0 Å². The van der Waals surface area contributed by atoms with Crippen LogP contribution in [0.3, 0.4) is 0 Å². The third-order valence-electron chi connectivity index (χ3n) is 4.85. The number of likely N-dealkylation sites (N-methyl/N-ethyl adjacent to an activating group) is 1. The predicted octanol–water partition coefficient (Wildman–Crippen LogP) is 3.17. The Bertz CT molecular complexity index is 568. The van der Waals surface area contributed by atoms with E-state index in [0.29, 0.717) is 12.6 Å². The molecule has 0 bridgehead atoms. The van der Waals surface area contributed by atoms with Crippen LogP contribution < -0.4 is 10.6 Å². The Balaban J connectivity index is 0.00000784. The van der Waals surface area contributed by atoms with Gasteiger partial charge in [0.1, 0.15) is 0 Å². The number of rotatable bonds is 13. The Labute approximate surface area is 195 Å². The summed E-state index contributed by atoms with van der Waals surface area (Å²) in [5, 5.41) is 6.79. The number of guanidine groups is 1. The van der Waals surface area contributed by atoms with Gasteiger partial charge in [-0.05, 0) is 52.4 Å². The van der Waals surface area contributed by atoms with E-state index >= 15 is 0 Å². The molecule has 2 N–H and O–H groups in total. The van der Waals surface area contributed by atoms with Gasteiger partial charge in [0.05, 0.1) is 6.54 Å². The van der Waals surface area contributed by atoms with Crippen LogP contribution in [0.15, 0.2) is 29.3 Å². The van der Waals surface area contributed by atoms with Crippen molar-refractivity contribution in [1.29, 1.82) is 0 Å². The monoisotopic (exact) mass is 519 g/mol. The van der Waals surface area contributed by atoms with Crippen molar-refractivity contribution in [2.45, 2.75) is 46.3 Å². The molecule has 0 atom stereocenters. The number of nitrogens with one attached hydrogen (secondary N) is 2. The van der Waals surface area contributed by atoms with Crippen LogP contribution in [0.5, 0.6) is 0 Å². The van der Waals surface area contributed by atoms with Crippen LogP contribution in [0.4, 0.5) is 0 Å². The van der Waals surface area contributed by atoms with Gasteiger partial charge in [0.15, 0.2) is 5.96 Å². The van der Waals surface area contributed by atoms with Crippen LogP contribution >= 0.6 is 24.0 Å². The molecule has 0 amide bonds. The summed E-state index contributed by atoms with van der Waals surface area (Å²) in [5.74, 6) is 0.875. The quantitative estimate of drug-likeness (QED) is 0.182. The molecule has 0 aliphatic carbocycles. The van der Waals surface area contributed by atoms with Crippen LogP contribution in [0.1, 0.15) is 38.3 Å². The summed E-state index contributed by atoms with van der Waals surface area (Å²) >= 11 is 0. The van der Waals surface area contributed by atoms with E-state index in [1.807, 2.05) is 0 Å². The van der Waals surface area contributed by atoms with Gasteiger partial charge in [0.2, 0.25) is 0 Å². The van der Waals surface area contributed by atoms with E-state index in [-0.39, 0.29) is 24.0 Å². The zero-order valence-electron chi connectivity index (χ0n) is 19.2. The van der Waals surface area contributed by atoms with Gasteiger partial charge >= 0.3 is 0 Å². The number of nitrogens with zero attached hydrogens (tertiary/aromatic N) is 3. The van der Waals surface area contributed by atoms with Crippen molar-refractivity contribution in [3.63, 3.8) is 0 Å². The molecule has 0 saturated heterocycles. The summed E-state index contributed by atoms with van der Waals surface area (Å²) in [5.41, 5.74) is 2.63. The lowest BCUT2D eigenvalue weighted by atomic mass is 10.1. The molecule has 0 spiro atoms. The van der Waals surface area contributed by atoms with Crippen LogP contribution in [0.25, 0.3) is 0 Å². The summed E-state index contributed by atoms with van der Waals surface area (Å²) in [6, 6.07) is 9.12. The van der Waals surface area contributed by atoms with Crippen molar-refractivity contribution < 1.29 is 4.74 Å². The molecule has 168 valence electrons. The minimum Gasteiger partial charge on any atom is -0.385 e. The number of halogens is 1. The molecular weight excluding hydrogens is 477 g/mol. The second-order valence-corrected chi connectivity index (χ2v) is 7.55. The van der Waals surface area contributed by atoms with Crippen LogP contribution in [-0.2, 0) is 17.8 Å². The maximum Gasteiger partial charge on any atom is 0.191 e. The zero-order valence-corrected chi connectivity index (χ0v) is 21.5. The van der Waals surface area contributed by atoms with E-state index in [1.165, 1.54) is 11.1 Å². The molecule has 6 nitrogen and oxygen atoms in total. The van der Waals surface area contributed by atoms with Gasteiger partial charge in [-0.15, -0.1) is 24.0 Å². The molecular formula is C22H42IN5O. The fourth-order valence-corrected chi connectivity index (χ4v) is 2.78. The minimum absolute atomic E-state index is 0. The summed E-state index contributed by atoms with van der Waals surface area (Å²) in [7, 11) is 6.06. The summed E-state index contributed by atoms with van der Waals surface area (Å²) < 4.78 is 5.11. The Kier molecular flexibility index (Phi) is 16.3. The number of methoxy groups -OCH3 is 1. The smallest absolute Gasteiger partial charge is 0.191 e. The molecule has 7 heteroatoms. The molecule has 29 heavy (non-hydrogen) atoms. The van der Waals surface area contributed by atoms with E-state index < -0.39 is 0 Å². The first-order chi connectivity index (χ1) is 13.5. The number of hydrogen-bond donors (Lipinski definition) is 2. The third-order valence-corrected chi connectivity index (χ3v) is 4.85. The van der Waals surface area contributed by atoms with Gasteiger partial charge in [-0.3, -0.25) is 4.90 Å². The number of ether oxygens (including phenoxy) is 1. The molecule has 0 unspecified atom stereocenters. The van der Waals surface area contributed by atoms with Crippen molar-refractivity contribution in [2.24, 2.45) is 4.99 Å². The molecule has 0 saturated carbocycles. The average molecular weight is 520 g/mol. The largest absolute Gasteiger partial charge is 0.385 e. The molecule has 1 aromatic rings. The molecule has 0 heterocycles. The van der Waals surface area contributed by atoms with Crippen molar-refractivity contribution in [2.75, 3.05) is 54.0 Å². The first-order valence-corrected chi connectivity index (χ1v) is 10.4. The maximum atomic E-state index is 5.11. The van der Waals surface area contributed by atoms with Crippen LogP contribution in [0, 0.1) is 0 Å². The van der Waals surface area contributed by atoms with Crippen molar-refractivity contribution >= 4 is 29.9 Å². The first kappa shape index (κ1) is 28.1. The van der Waals surface area contributed by atoms with Gasteiger partial charge in [-0.2, -0.15) is 0 Å². The highest BCUT2D eigenvalue weighted by molar-refractivity contribution is 14.0. The SMILES string of the molecule is CCNC(=NCc1ccccc1CN(C)C(C)C)NCCN(C)CCCOC.I. The van der Waals surface area contributed by atoms with E-state index in [0.717, 1.165) is 51.7 Å². The Morgan fingerprint density at radius 1 is 1.10 bits per heavy atom. The molecule has 1 rings (SSSR count). The third kappa shape index (κ3) is 12.4. The van der Waals surface area contributed by atoms with Gasteiger partial charge in [-0.1, -0.05) is 24.3 Å². The molecule has 0 radical (unpaired) electrons. The fourth-order valence-electron chi connectivity index (χ4n) is 2.78. The average Bonchev–Trinajstić information content (AvgIpc) is 2.67. The second kappa shape index (κ2) is 16.8. The van der Waals surface area contributed by atoms with E-state index in [9.17, 15) is 0 Å². The van der Waals surface area contributed by atoms with E-state index in [4.69, 9.17) is 9.73 Å². The predicted molar refractivity (Wildman–Crippen MR) is 135 cm³/mol. The lowest BCUT2D eigenvalue weighted by Crippen LogP contribution is -2.41. The highest BCUT2D eigenvalue weighted by Gasteiger charge is 2.08. The Hall–Kier alpha value is -0.900. The van der Waals surface area contributed by atoms with Gasteiger partial charge in [0, 0.05) is 52.5 Å². The first-order valence-electron chi connectivity index (χ1n) is 10.4. The van der Waals surface area contributed by atoms with Crippen molar-refractivity contribution in [1.82, 2.24) is 20.4 Å². The molecule has 0 aliphatic rings. The topological polar surface area (TPSA) is 52.1 Å². The standard InChI is InChI=1S/C22H41N5O.HI/c1-7-23-22(24-13-15-26(4)14-10-16-28-6)25-17-20-11-8-9-12-21(20)18-27(5)19(2)3;/h8-9,11-12,19H,7,10,13-18H2,1-6H3,(H2,23,24,25);1H. The molecule has 0 fully saturated rings. The van der Waals surface area contributed by atoms with E-state index in [1.54, 1.807) is 7.11 Å². The Morgan fingerprint density at radius 2 is 1.79 bits per heavy atom. The lowest BCUT2D eigenvalue weighted by molar-refractivity contribution is 0.180. The summed E-state index contributed by atoms with van der Waals surface area (Å²) in [4.78, 5) is 9.47. The highest BCUT2D eigenvalue weighted by atomic mass is 127. The summed E-state index contributed by atoms with van der Waals surface area (Å²) in [6.45, 7) is 12.7. The summed E-state index contributed by atoms with van der Waals surface area (Å²) in [6.07, 6.45) is 1.06. The van der Waals surface area contributed by atoms with Gasteiger partial charge in [-0.25, -0.2) is 4.99 Å². The number of hydrogen-bond acceptors (Lipinski definition) is 4. The molecule has 1 aromatic carbocycles. The minimum atomic E-state index is 0. The number of aliphatic imine (C=N–C) groups is 1. The maximum absolute atomic E-state index is 5.11. The lowest BCUT2D eigenvalue weighted by Gasteiger charge is -2.22.